The summed E-state index contributed by atoms with van der Waals surface area (Å²) in [5.41, 5.74) is 4.57. The molecule has 0 bridgehead atoms. The topological polar surface area (TPSA) is 24.9 Å². The Morgan fingerprint density at radius 2 is 1.89 bits per heavy atom. The maximum atomic E-state index is 5.95. The number of hydrogen-bond acceptors (Lipinski definition) is 2. The number of pyridine rings is 1. The van der Waals surface area contributed by atoms with E-state index in [-0.39, 0.29) is 0 Å². The molecule has 2 rings (SSSR count). The summed E-state index contributed by atoms with van der Waals surface area (Å²) < 4.78 is 0. The molecule has 0 aliphatic rings. The van der Waals surface area contributed by atoms with Gasteiger partial charge in [0.05, 0.1) is 17.9 Å². The van der Waals surface area contributed by atoms with Gasteiger partial charge in [0.25, 0.3) is 0 Å². The third-order valence-electron chi connectivity index (χ3n) is 3.24. The van der Waals surface area contributed by atoms with Gasteiger partial charge in [-0.2, -0.15) is 0 Å². The highest BCUT2D eigenvalue weighted by Crippen LogP contribution is 2.24. The number of benzene rings is 1. The number of hydrogen-bond donors (Lipinski definition) is 1. The molecule has 0 aliphatic carbocycles. The average Bonchev–Trinajstić information content (AvgIpc) is 2.41. The lowest BCUT2D eigenvalue weighted by Crippen LogP contribution is -2.10. The summed E-state index contributed by atoms with van der Waals surface area (Å²) in [6.45, 7) is 6.24. The van der Waals surface area contributed by atoms with E-state index in [1.54, 1.807) is 6.20 Å². The monoisotopic (exact) mass is 274 g/mol. The predicted octanol–water partition coefficient (Wildman–Crippen LogP) is 4.92. The first kappa shape index (κ1) is 13.9. The molecule has 0 radical (unpaired) electrons. The normalized spacial score (nSPS) is 12.2. The van der Waals surface area contributed by atoms with Gasteiger partial charge in [0.15, 0.2) is 0 Å². The highest BCUT2D eigenvalue weighted by molar-refractivity contribution is 6.30. The molecule has 2 nitrogen and oxygen atoms in total. The van der Waals surface area contributed by atoms with Crippen LogP contribution in [0.15, 0.2) is 36.5 Å². The molecular weight excluding hydrogens is 256 g/mol. The Morgan fingerprint density at radius 3 is 2.47 bits per heavy atom. The highest BCUT2D eigenvalue weighted by atomic mass is 35.5. The minimum Gasteiger partial charge on any atom is -0.377 e. The van der Waals surface area contributed by atoms with Crippen LogP contribution >= 0.6 is 11.6 Å². The molecule has 1 atom stereocenters. The van der Waals surface area contributed by atoms with Crippen molar-refractivity contribution in [3.63, 3.8) is 0 Å². The first-order valence-electron chi connectivity index (χ1n) is 6.55. The number of rotatable bonds is 4. The van der Waals surface area contributed by atoms with Crippen molar-refractivity contribution < 1.29 is 0 Å². The van der Waals surface area contributed by atoms with E-state index < -0.39 is 0 Å². The lowest BCUT2D eigenvalue weighted by Gasteiger charge is -2.19. The smallest absolute Gasteiger partial charge is 0.132 e. The fourth-order valence-electron chi connectivity index (χ4n) is 2.06. The number of anilines is 1. The molecule has 1 aromatic heterocycles. The van der Waals surface area contributed by atoms with E-state index in [0.29, 0.717) is 11.2 Å². The second-order valence-corrected chi connectivity index (χ2v) is 5.21. The van der Waals surface area contributed by atoms with Crippen LogP contribution < -0.4 is 5.32 Å². The maximum absolute atomic E-state index is 5.95. The SMILES string of the molecule is CCC(Nc1cnc(Cl)c(C)c1)c1ccc(C)cc1. The van der Waals surface area contributed by atoms with Crippen molar-refractivity contribution in [2.45, 2.75) is 33.2 Å². The van der Waals surface area contributed by atoms with E-state index in [1.165, 1.54) is 11.1 Å². The quantitative estimate of drug-likeness (QED) is 0.801. The summed E-state index contributed by atoms with van der Waals surface area (Å²) in [4.78, 5) is 4.18. The van der Waals surface area contributed by atoms with Gasteiger partial charge in [0, 0.05) is 0 Å². The molecule has 0 amide bonds. The van der Waals surface area contributed by atoms with Crippen LogP contribution in [-0.2, 0) is 0 Å². The Kier molecular flexibility index (Phi) is 4.43. The van der Waals surface area contributed by atoms with Crippen molar-refractivity contribution in [3.8, 4) is 0 Å². The summed E-state index contributed by atoms with van der Waals surface area (Å²) in [6, 6.07) is 11.0. The number of aromatic nitrogens is 1. The van der Waals surface area contributed by atoms with Crippen molar-refractivity contribution in [2.75, 3.05) is 5.32 Å². The molecule has 0 aliphatic heterocycles. The highest BCUT2D eigenvalue weighted by Gasteiger charge is 2.09. The average molecular weight is 275 g/mol. The lowest BCUT2D eigenvalue weighted by atomic mass is 10.0. The first-order chi connectivity index (χ1) is 9.10. The summed E-state index contributed by atoms with van der Waals surface area (Å²) in [7, 11) is 0. The van der Waals surface area contributed by atoms with Crippen LogP contribution in [0.5, 0.6) is 0 Å². The second-order valence-electron chi connectivity index (χ2n) is 4.85. The van der Waals surface area contributed by atoms with Crippen molar-refractivity contribution in [1.82, 2.24) is 4.98 Å². The van der Waals surface area contributed by atoms with Gasteiger partial charge in [-0.25, -0.2) is 4.98 Å². The Hall–Kier alpha value is -1.54. The van der Waals surface area contributed by atoms with Gasteiger partial charge >= 0.3 is 0 Å². The summed E-state index contributed by atoms with van der Waals surface area (Å²) in [5.74, 6) is 0. The van der Waals surface area contributed by atoms with Crippen LogP contribution in [-0.4, -0.2) is 4.98 Å². The van der Waals surface area contributed by atoms with Crippen LogP contribution in [0.3, 0.4) is 0 Å². The number of nitrogens with zero attached hydrogens (tertiary/aromatic N) is 1. The molecule has 0 fully saturated rings. The molecule has 2 aromatic rings. The summed E-state index contributed by atoms with van der Waals surface area (Å²) in [5, 5.41) is 4.08. The number of halogens is 1. The van der Waals surface area contributed by atoms with E-state index in [0.717, 1.165) is 17.7 Å². The van der Waals surface area contributed by atoms with Crippen molar-refractivity contribution in [1.29, 1.82) is 0 Å². The summed E-state index contributed by atoms with van der Waals surface area (Å²) >= 11 is 5.95. The van der Waals surface area contributed by atoms with Gasteiger partial charge in [-0.15, -0.1) is 0 Å². The van der Waals surface area contributed by atoms with Gasteiger partial charge in [0.1, 0.15) is 5.15 Å². The van der Waals surface area contributed by atoms with Crippen molar-refractivity contribution >= 4 is 17.3 Å². The van der Waals surface area contributed by atoms with Crippen LogP contribution in [0.1, 0.15) is 36.1 Å². The molecule has 1 heterocycles. The molecule has 19 heavy (non-hydrogen) atoms. The molecule has 100 valence electrons. The molecule has 0 saturated heterocycles. The Morgan fingerprint density at radius 1 is 1.21 bits per heavy atom. The third-order valence-corrected chi connectivity index (χ3v) is 3.64. The van der Waals surface area contributed by atoms with E-state index in [1.807, 2.05) is 13.0 Å². The van der Waals surface area contributed by atoms with Gasteiger partial charge in [0.2, 0.25) is 0 Å². The van der Waals surface area contributed by atoms with Crippen LogP contribution in [0.4, 0.5) is 5.69 Å². The second kappa shape index (κ2) is 6.07. The minimum atomic E-state index is 0.294. The Labute approximate surface area is 119 Å². The zero-order valence-corrected chi connectivity index (χ0v) is 12.3. The fourth-order valence-corrected chi connectivity index (χ4v) is 2.16. The van der Waals surface area contributed by atoms with E-state index in [2.05, 4.69) is 48.4 Å². The lowest BCUT2D eigenvalue weighted by molar-refractivity contribution is 0.748. The van der Waals surface area contributed by atoms with Crippen LogP contribution in [0, 0.1) is 13.8 Å². The Balaban J connectivity index is 2.18. The third kappa shape index (κ3) is 3.48. The van der Waals surface area contributed by atoms with Gasteiger partial charge < -0.3 is 5.32 Å². The van der Waals surface area contributed by atoms with Gasteiger partial charge in [-0.1, -0.05) is 48.4 Å². The number of nitrogens with one attached hydrogen (secondary N) is 1. The van der Waals surface area contributed by atoms with Crippen molar-refractivity contribution in [3.05, 3.63) is 58.4 Å². The van der Waals surface area contributed by atoms with Crippen LogP contribution in [0.25, 0.3) is 0 Å². The summed E-state index contributed by atoms with van der Waals surface area (Å²) in [6.07, 6.45) is 2.80. The Bertz CT molecular complexity index is 549. The van der Waals surface area contributed by atoms with Crippen molar-refractivity contribution in [2.24, 2.45) is 0 Å². The fraction of sp³-hybridized carbons (Fsp3) is 0.312. The van der Waals surface area contributed by atoms with E-state index in [9.17, 15) is 0 Å². The van der Waals surface area contributed by atoms with Gasteiger partial charge in [-0.05, 0) is 37.5 Å². The maximum Gasteiger partial charge on any atom is 0.132 e. The molecule has 3 heteroatoms. The molecule has 0 saturated carbocycles. The predicted molar refractivity (Wildman–Crippen MR) is 81.8 cm³/mol. The minimum absolute atomic E-state index is 0.294. The molecule has 0 spiro atoms. The number of aryl methyl sites for hydroxylation is 2. The zero-order chi connectivity index (χ0) is 13.8. The van der Waals surface area contributed by atoms with E-state index >= 15 is 0 Å². The molecular formula is C16H19ClN2. The molecule has 1 N–H and O–H groups in total. The zero-order valence-electron chi connectivity index (χ0n) is 11.6. The van der Waals surface area contributed by atoms with Crippen LogP contribution in [0.2, 0.25) is 5.15 Å². The van der Waals surface area contributed by atoms with E-state index in [4.69, 9.17) is 11.6 Å². The molecule has 1 aromatic carbocycles. The first-order valence-corrected chi connectivity index (χ1v) is 6.93. The molecule has 1 unspecified atom stereocenters. The van der Waals surface area contributed by atoms with Gasteiger partial charge in [-0.3, -0.25) is 0 Å². The largest absolute Gasteiger partial charge is 0.377 e. The standard InChI is InChI=1S/C16H19ClN2/c1-4-15(13-7-5-11(2)6-8-13)19-14-9-12(3)16(17)18-10-14/h5-10,15,19H,4H2,1-3H3.